The lowest BCUT2D eigenvalue weighted by Gasteiger charge is -2.07. The third-order valence-electron chi connectivity index (χ3n) is 3.71. The van der Waals surface area contributed by atoms with Crippen LogP contribution in [0.1, 0.15) is 28.9 Å². The van der Waals surface area contributed by atoms with Gasteiger partial charge in [0.25, 0.3) is 0 Å². The second-order valence-electron chi connectivity index (χ2n) is 5.44. The highest BCUT2D eigenvalue weighted by molar-refractivity contribution is 5.85. The molecule has 1 atom stereocenters. The molecule has 8 heteroatoms. The monoisotopic (exact) mass is 328 g/mol. The minimum absolute atomic E-state index is 0.215. The number of esters is 1. The Morgan fingerprint density at radius 3 is 2.83 bits per heavy atom. The Morgan fingerprint density at radius 2 is 2.17 bits per heavy atom. The molecule has 8 nitrogen and oxygen atoms in total. The molecular formula is C16H16N4O4. The predicted molar refractivity (Wildman–Crippen MR) is 82.6 cm³/mol. The molecule has 1 aliphatic heterocycles. The van der Waals surface area contributed by atoms with Crippen molar-refractivity contribution in [2.24, 2.45) is 0 Å². The molecule has 0 unspecified atom stereocenters. The fourth-order valence-corrected chi connectivity index (χ4v) is 2.38. The van der Waals surface area contributed by atoms with Crippen molar-refractivity contribution in [3.63, 3.8) is 0 Å². The van der Waals surface area contributed by atoms with Crippen LogP contribution in [-0.4, -0.2) is 45.8 Å². The Kier molecular flexibility index (Phi) is 4.64. The molecular weight excluding hydrogens is 312 g/mol. The largest absolute Gasteiger partial charge is 0.464 e. The normalized spacial score (nSPS) is 16.7. The number of ether oxygens (including phenoxy) is 1. The molecule has 0 bridgehead atoms. The van der Waals surface area contributed by atoms with E-state index in [2.05, 4.69) is 15.6 Å². The van der Waals surface area contributed by atoms with Gasteiger partial charge in [-0.2, -0.15) is 0 Å². The summed E-state index contributed by atoms with van der Waals surface area (Å²) >= 11 is 0. The van der Waals surface area contributed by atoms with Crippen molar-refractivity contribution in [2.45, 2.75) is 25.3 Å². The number of nitrogens with zero attached hydrogens (tertiary/aromatic N) is 3. The maximum absolute atomic E-state index is 11.9. The van der Waals surface area contributed by atoms with Crippen LogP contribution in [0.25, 0.3) is 5.69 Å². The number of hydrogen-bond donors (Lipinski definition) is 1. The van der Waals surface area contributed by atoms with E-state index in [1.807, 2.05) is 0 Å². The third-order valence-corrected chi connectivity index (χ3v) is 3.71. The summed E-state index contributed by atoms with van der Waals surface area (Å²) in [5, 5.41) is 10.7. The minimum Gasteiger partial charge on any atom is -0.464 e. The van der Waals surface area contributed by atoms with Gasteiger partial charge in [-0.3, -0.25) is 9.59 Å². The SMILES string of the molecule is O=Cc1ccc(-n2cc(CCC(=O)N[C@H]3CCOC3=O)nn2)cc1. The molecule has 0 radical (unpaired) electrons. The van der Waals surface area contributed by atoms with E-state index in [1.165, 1.54) is 0 Å². The van der Waals surface area contributed by atoms with E-state index in [-0.39, 0.29) is 18.3 Å². The number of aryl methyl sites for hydroxylation is 1. The van der Waals surface area contributed by atoms with E-state index >= 15 is 0 Å². The van der Waals surface area contributed by atoms with Gasteiger partial charge in [0.15, 0.2) is 0 Å². The van der Waals surface area contributed by atoms with E-state index in [4.69, 9.17) is 4.74 Å². The summed E-state index contributed by atoms with van der Waals surface area (Å²) in [6.45, 7) is 0.348. The summed E-state index contributed by atoms with van der Waals surface area (Å²) in [7, 11) is 0. The van der Waals surface area contributed by atoms with E-state index in [1.54, 1.807) is 35.1 Å². The smallest absolute Gasteiger partial charge is 0.328 e. The lowest BCUT2D eigenvalue weighted by atomic mass is 10.2. The van der Waals surface area contributed by atoms with Gasteiger partial charge in [-0.05, 0) is 24.3 Å². The number of nitrogens with one attached hydrogen (secondary N) is 1. The molecule has 24 heavy (non-hydrogen) atoms. The third kappa shape index (κ3) is 3.65. The molecule has 1 aromatic carbocycles. The van der Waals surface area contributed by atoms with E-state index in [0.717, 1.165) is 12.0 Å². The molecule has 1 aromatic heterocycles. The molecule has 1 amide bonds. The van der Waals surface area contributed by atoms with E-state index < -0.39 is 6.04 Å². The number of carbonyl (C=O) groups excluding carboxylic acids is 3. The Bertz CT molecular complexity index is 754. The van der Waals surface area contributed by atoms with Crippen molar-refractivity contribution in [1.82, 2.24) is 20.3 Å². The molecule has 3 rings (SSSR count). The number of aldehydes is 1. The Hall–Kier alpha value is -3.03. The van der Waals surface area contributed by atoms with Crippen molar-refractivity contribution < 1.29 is 19.1 Å². The van der Waals surface area contributed by atoms with Crippen LogP contribution < -0.4 is 5.32 Å². The molecule has 0 saturated carbocycles. The topological polar surface area (TPSA) is 103 Å². The lowest BCUT2D eigenvalue weighted by molar-refractivity contribution is -0.141. The number of benzene rings is 1. The summed E-state index contributed by atoms with van der Waals surface area (Å²) < 4.78 is 6.38. The maximum Gasteiger partial charge on any atom is 0.328 e. The van der Waals surface area contributed by atoms with Gasteiger partial charge in [0, 0.05) is 24.8 Å². The van der Waals surface area contributed by atoms with Gasteiger partial charge in [0.05, 0.1) is 24.2 Å². The Morgan fingerprint density at radius 1 is 1.38 bits per heavy atom. The number of hydrogen-bond acceptors (Lipinski definition) is 6. The number of aromatic nitrogens is 3. The van der Waals surface area contributed by atoms with Crippen LogP contribution in [0.4, 0.5) is 0 Å². The zero-order valence-electron chi connectivity index (χ0n) is 12.8. The Labute approximate surface area is 137 Å². The van der Waals surface area contributed by atoms with Gasteiger partial charge in [0.1, 0.15) is 12.3 Å². The molecule has 1 aliphatic rings. The second kappa shape index (κ2) is 7.03. The number of cyclic esters (lactones) is 1. The van der Waals surface area contributed by atoms with Crippen LogP contribution in [0.3, 0.4) is 0 Å². The minimum atomic E-state index is -0.537. The van der Waals surface area contributed by atoms with Gasteiger partial charge in [-0.25, -0.2) is 9.48 Å². The van der Waals surface area contributed by atoms with Crippen LogP contribution in [0.2, 0.25) is 0 Å². The predicted octanol–water partition coefficient (Wildman–Crippen LogP) is 0.444. The molecule has 1 fully saturated rings. The molecule has 0 aliphatic carbocycles. The first-order valence-electron chi connectivity index (χ1n) is 7.58. The summed E-state index contributed by atoms with van der Waals surface area (Å²) in [6.07, 6.45) is 3.65. The molecule has 2 heterocycles. The zero-order chi connectivity index (χ0) is 16.9. The quantitative estimate of drug-likeness (QED) is 0.610. The lowest BCUT2D eigenvalue weighted by Crippen LogP contribution is -2.38. The van der Waals surface area contributed by atoms with Crippen LogP contribution >= 0.6 is 0 Å². The first-order chi connectivity index (χ1) is 11.7. The van der Waals surface area contributed by atoms with Gasteiger partial charge in [0.2, 0.25) is 5.91 Å². The summed E-state index contributed by atoms with van der Waals surface area (Å²) in [4.78, 5) is 33.8. The van der Waals surface area contributed by atoms with Crippen LogP contribution in [0, 0.1) is 0 Å². The standard InChI is InChI=1S/C16H16N4O4/c21-10-11-1-4-13(5-2-11)20-9-12(18-19-20)3-6-15(22)17-14-7-8-24-16(14)23/h1-2,4-5,9-10,14H,3,6-8H2,(H,17,22)/t14-/m0/s1. The summed E-state index contributed by atoms with van der Waals surface area (Å²) in [5.41, 5.74) is 2.03. The number of rotatable bonds is 6. The first-order valence-corrected chi connectivity index (χ1v) is 7.58. The highest BCUT2D eigenvalue weighted by Crippen LogP contribution is 2.10. The van der Waals surface area contributed by atoms with Crippen molar-refractivity contribution >= 4 is 18.2 Å². The molecule has 0 spiro atoms. The summed E-state index contributed by atoms with van der Waals surface area (Å²) in [6, 6.07) is 6.38. The average molecular weight is 328 g/mol. The van der Waals surface area contributed by atoms with Crippen LogP contribution in [0.15, 0.2) is 30.5 Å². The average Bonchev–Trinajstić information content (AvgIpc) is 3.23. The Balaban J connectivity index is 1.54. The zero-order valence-corrected chi connectivity index (χ0v) is 12.8. The van der Waals surface area contributed by atoms with Crippen molar-refractivity contribution in [1.29, 1.82) is 0 Å². The molecule has 124 valence electrons. The number of carbonyl (C=O) groups is 3. The first kappa shape index (κ1) is 15.9. The van der Waals surface area contributed by atoms with Gasteiger partial charge >= 0.3 is 5.97 Å². The fraction of sp³-hybridized carbons (Fsp3) is 0.312. The van der Waals surface area contributed by atoms with Crippen molar-refractivity contribution in [2.75, 3.05) is 6.61 Å². The molecule has 2 aromatic rings. The van der Waals surface area contributed by atoms with E-state index in [9.17, 15) is 14.4 Å². The summed E-state index contributed by atoms with van der Waals surface area (Å²) in [5.74, 6) is -0.600. The maximum atomic E-state index is 11.9. The van der Waals surface area contributed by atoms with Crippen molar-refractivity contribution in [3.05, 3.63) is 41.7 Å². The van der Waals surface area contributed by atoms with Crippen LogP contribution in [0.5, 0.6) is 0 Å². The van der Waals surface area contributed by atoms with Gasteiger partial charge < -0.3 is 10.1 Å². The van der Waals surface area contributed by atoms with Gasteiger partial charge in [-0.1, -0.05) is 5.21 Å². The van der Waals surface area contributed by atoms with E-state index in [0.29, 0.717) is 30.7 Å². The fourth-order valence-electron chi connectivity index (χ4n) is 2.38. The highest BCUT2D eigenvalue weighted by Gasteiger charge is 2.27. The van der Waals surface area contributed by atoms with Gasteiger partial charge in [-0.15, -0.1) is 5.10 Å². The van der Waals surface area contributed by atoms with Crippen molar-refractivity contribution in [3.8, 4) is 5.69 Å². The van der Waals surface area contributed by atoms with Crippen LogP contribution in [-0.2, 0) is 20.7 Å². The molecule has 1 saturated heterocycles. The number of amides is 1. The second-order valence-corrected chi connectivity index (χ2v) is 5.44. The molecule has 1 N–H and O–H groups in total. The highest BCUT2D eigenvalue weighted by atomic mass is 16.5.